The highest BCUT2D eigenvalue weighted by Crippen LogP contribution is 2.23. The zero-order valence-electron chi connectivity index (χ0n) is 23.8. The third-order valence-corrected chi connectivity index (χ3v) is 6.00. The number of aromatic carboxylic acids is 2. The Labute approximate surface area is 253 Å². The smallest absolute Gasteiger partial charge is 0.335 e. The summed E-state index contributed by atoms with van der Waals surface area (Å²) in [7, 11) is 0. The number of halogens is 1. The Hall–Kier alpha value is -5.59. The fourth-order valence-corrected chi connectivity index (χ4v) is 3.21. The van der Waals surface area contributed by atoms with Crippen molar-refractivity contribution in [3.8, 4) is 12.1 Å². The quantitative estimate of drug-likeness (QED) is 0.198. The van der Waals surface area contributed by atoms with Crippen LogP contribution in [0.1, 0.15) is 59.5 Å². The van der Waals surface area contributed by atoms with Gasteiger partial charge in [0, 0.05) is 24.8 Å². The van der Waals surface area contributed by atoms with Crippen LogP contribution in [0.3, 0.4) is 0 Å². The molecule has 12 nitrogen and oxygen atoms in total. The van der Waals surface area contributed by atoms with E-state index in [0.717, 1.165) is 11.1 Å². The average Bonchev–Trinajstić information content (AvgIpc) is 2.98. The summed E-state index contributed by atoms with van der Waals surface area (Å²) in [4.78, 5) is 37.0. The Morgan fingerprint density at radius 3 is 1.70 bits per heavy atom. The SMILES string of the molecule is CC(C)(C#N)c1ccc(N)nc1.CC(C)(C#N)c1ccc(Nc2cc(C(=O)O)ccn2)nc1.O=C(O)c1ccnc(Cl)c1. The molecule has 0 bridgehead atoms. The van der Waals surface area contributed by atoms with Gasteiger partial charge in [-0.3, -0.25) is 0 Å². The van der Waals surface area contributed by atoms with Crippen LogP contribution in [-0.2, 0) is 10.8 Å². The summed E-state index contributed by atoms with van der Waals surface area (Å²) < 4.78 is 0. The number of carbonyl (C=O) groups is 2. The Bertz CT molecular complexity index is 1640. The monoisotopic (exact) mass is 600 g/mol. The first-order valence-corrected chi connectivity index (χ1v) is 12.9. The standard InChI is InChI=1S/C15H14N4O2.C9H11N3.C6H4ClNO2/c1-15(2,9-16)11-3-4-12(18-8-11)19-13-7-10(14(20)21)5-6-17-13;1-9(2,6-10)7-3-4-8(11)12-5-7;7-5-3-4(6(9)10)1-2-8-5/h3-8H,1-2H3,(H,20,21)(H,17,18,19);3-5H,1-2H3,(H2,11,12);1-3H,(H,9,10). The lowest BCUT2D eigenvalue weighted by Crippen LogP contribution is -2.14. The summed E-state index contributed by atoms with van der Waals surface area (Å²) in [6, 6.07) is 17.0. The zero-order chi connectivity index (χ0) is 32.2. The van der Waals surface area contributed by atoms with Gasteiger partial charge in [-0.25, -0.2) is 29.5 Å². The minimum Gasteiger partial charge on any atom is -0.478 e. The van der Waals surface area contributed by atoms with Crippen molar-refractivity contribution in [1.82, 2.24) is 19.9 Å². The Morgan fingerprint density at radius 1 is 0.767 bits per heavy atom. The molecule has 0 unspecified atom stereocenters. The highest BCUT2D eigenvalue weighted by Gasteiger charge is 2.20. The van der Waals surface area contributed by atoms with E-state index in [9.17, 15) is 9.59 Å². The molecule has 0 aliphatic heterocycles. The molecule has 43 heavy (non-hydrogen) atoms. The van der Waals surface area contributed by atoms with Crippen molar-refractivity contribution in [2.75, 3.05) is 11.1 Å². The average molecular weight is 601 g/mol. The number of rotatable bonds is 6. The normalized spacial score (nSPS) is 10.4. The van der Waals surface area contributed by atoms with Gasteiger partial charge >= 0.3 is 11.9 Å². The van der Waals surface area contributed by atoms with Gasteiger partial charge in [-0.15, -0.1) is 0 Å². The minimum absolute atomic E-state index is 0.148. The molecule has 0 spiro atoms. The van der Waals surface area contributed by atoms with E-state index < -0.39 is 22.8 Å². The van der Waals surface area contributed by atoms with Crippen molar-refractivity contribution in [3.63, 3.8) is 0 Å². The fourth-order valence-electron chi connectivity index (χ4n) is 3.04. The predicted octanol–water partition coefficient (Wildman–Crippen LogP) is 5.62. The van der Waals surface area contributed by atoms with Crippen molar-refractivity contribution >= 4 is 41.0 Å². The van der Waals surface area contributed by atoms with Gasteiger partial charge < -0.3 is 21.3 Å². The van der Waals surface area contributed by atoms with E-state index in [1.54, 1.807) is 30.6 Å². The van der Waals surface area contributed by atoms with Crippen molar-refractivity contribution in [1.29, 1.82) is 10.5 Å². The number of anilines is 3. The highest BCUT2D eigenvalue weighted by atomic mass is 35.5. The molecule has 0 aliphatic rings. The number of hydrogen-bond donors (Lipinski definition) is 4. The van der Waals surface area contributed by atoms with E-state index in [1.165, 1.54) is 36.7 Å². The lowest BCUT2D eigenvalue weighted by atomic mass is 9.88. The molecule has 13 heteroatoms. The number of nitriles is 2. The summed E-state index contributed by atoms with van der Waals surface area (Å²) in [5, 5.41) is 38.4. The summed E-state index contributed by atoms with van der Waals surface area (Å²) in [6.45, 7) is 7.32. The van der Waals surface area contributed by atoms with Crippen LogP contribution in [0.4, 0.5) is 17.5 Å². The lowest BCUT2D eigenvalue weighted by molar-refractivity contribution is 0.0686. The van der Waals surface area contributed by atoms with Crippen molar-refractivity contribution < 1.29 is 19.8 Å². The lowest BCUT2D eigenvalue weighted by Gasteiger charge is -2.15. The Balaban J connectivity index is 0.000000248. The highest BCUT2D eigenvalue weighted by molar-refractivity contribution is 6.29. The van der Waals surface area contributed by atoms with Crippen LogP contribution in [0.5, 0.6) is 0 Å². The number of aromatic nitrogens is 4. The maximum atomic E-state index is 10.9. The van der Waals surface area contributed by atoms with E-state index in [-0.39, 0.29) is 16.3 Å². The van der Waals surface area contributed by atoms with Gasteiger partial charge in [0.1, 0.15) is 22.6 Å². The van der Waals surface area contributed by atoms with Crippen LogP contribution in [0.2, 0.25) is 5.15 Å². The molecule has 220 valence electrons. The number of hydrogen-bond acceptors (Lipinski definition) is 10. The van der Waals surface area contributed by atoms with Crippen molar-refractivity contribution in [2.24, 2.45) is 0 Å². The second-order valence-electron chi connectivity index (χ2n) is 9.91. The Kier molecular flexibility index (Phi) is 11.6. The van der Waals surface area contributed by atoms with Crippen LogP contribution in [0.25, 0.3) is 0 Å². The summed E-state index contributed by atoms with van der Waals surface area (Å²) in [6.07, 6.45) is 6.02. The third kappa shape index (κ3) is 10.4. The van der Waals surface area contributed by atoms with Crippen molar-refractivity contribution in [3.05, 3.63) is 101 Å². The zero-order valence-corrected chi connectivity index (χ0v) is 24.5. The molecule has 5 N–H and O–H groups in total. The molecule has 4 heterocycles. The number of pyridine rings is 4. The van der Waals surface area contributed by atoms with E-state index in [4.69, 9.17) is 38.1 Å². The van der Waals surface area contributed by atoms with Gasteiger partial charge in [-0.1, -0.05) is 23.7 Å². The summed E-state index contributed by atoms with van der Waals surface area (Å²) in [5.74, 6) is -0.603. The van der Waals surface area contributed by atoms with Gasteiger partial charge in [0.15, 0.2) is 0 Å². The Morgan fingerprint density at radius 2 is 1.28 bits per heavy atom. The van der Waals surface area contributed by atoms with Gasteiger partial charge in [-0.05, 0) is 75.2 Å². The van der Waals surface area contributed by atoms with Crippen LogP contribution in [-0.4, -0.2) is 42.1 Å². The molecular weight excluding hydrogens is 572 g/mol. The van der Waals surface area contributed by atoms with Gasteiger partial charge in [0.2, 0.25) is 0 Å². The third-order valence-electron chi connectivity index (χ3n) is 5.79. The molecule has 0 fully saturated rings. The summed E-state index contributed by atoms with van der Waals surface area (Å²) in [5.41, 5.74) is 6.32. The molecular formula is C30H29ClN8O4. The number of carboxylic acids is 2. The summed E-state index contributed by atoms with van der Waals surface area (Å²) >= 11 is 5.41. The molecule has 0 aliphatic carbocycles. The van der Waals surface area contributed by atoms with E-state index >= 15 is 0 Å². The second kappa shape index (κ2) is 14.9. The molecule has 0 saturated carbocycles. The van der Waals surface area contributed by atoms with Crippen LogP contribution in [0.15, 0.2) is 73.3 Å². The van der Waals surface area contributed by atoms with E-state index in [1.807, 2.05) is 33.8 Å². The topological polar surface area (TPSA) is 212 Å². The molecule has 0 amide bonds. The molecule has 0 atom stereocenters. The van der Waals surface area contributed by atoms with E-state index in [0.29, 0.717) is 17.5 Å². The molecule has 0 saturated heterocycles. The first-order valence-electron chi connectivity index (χ1n) is 12.5. The fraction of sp³-hybridized carbons (Fsp3) is 0.200. The number of nitrogens with one attached hydrogen (secondary N) is 1. The van der Waals surface area contributed by atoms with Crippen molar-refractivity contribution in [2.45, 2.75) is 38.5 Å². The second-order valence-corrected chi connectivity index (χ2v) is 10.3. The number of carboxylic acid groups (broad SMARTS) is 2. The van der Waals surface area contributed by atoms with E-state index in [2.05, 4.69) is 37.4 Å². The van der Waals surface area contributed by atoms with Crippen LogP contribution >= 0.6 is 11.6 Å². The molecule has 4 rings (SSSR count). The maximum Gasteiger partial charge on any atom is 0.335 e. The number of nitrogens with two attached hydrogens (primary N) is 1. The molecule has 4 aromatic rings. The van der Waals surface area contributed by atoms with Gasteiger partial charge in [-0.2, -0.15) is 10.5 Å². The first kappa shape index (κ1) is 33.6. The number of nitrogens with zero attached hydrogens (tertiary/aromatic N) is 6. The molecule has 0 aromatic carbocycles. The first-order chi connectivity index (χ1) is 20.2. The molecule has 0 radical (unpaired) electrons. The molecule has 4 aromatic heterocycles. The predicted molar refractivity (Wildman–Crippen MR) is 161 cm³/mol. The number of nitrogen functional groups attached to an aromatic ring is 1. The van der Waals surface area contributed by atoms with Gasteiger partial charge in [0.25, 0.3) is 0 Å². The van der Waals surface area contributed by atoms with Gasteiger partial charge in [0.05, 0.1) is 34.1 Å². The van der Waals surface area contributed by atoms with Crippen LogP contribution < -0.4 is 11.1 Å². The minimum atomic E-state index is -1.01. The van der Waals surface area contributed by atoms with Crippen LogP contribution in [0, 0.1) is 22.7 Å². The largest absolute Gasteiger partial charge is 0.478 e. The maximum absolute atomic E-state index is 10.9.